The van der Waals surface area contributed by atoms with E-state index in [0.29, 0.717) is 10.2 Å². The van der Waals surface area contributed by atoms with Crippen LogP contribution >= 0.6 is 38.9 Å². The Bertz CT molecular complexity index is 935. The van der Waals surface area contributed by atoms with E-state index in [1.807, 2.05) is 49.4 Å². The Morgan fingerprint density at radius 1 is 1.20 bits per heavy atom. The zero-order valence-electron chi connectivity index (χ0n) is 13.3. The zero-order valence-corrected chi connectivity index (χ0v) is 16.5. The topological polar surface area (TPSA) is 42.0 Å². The van der Waals surface area contributed by atoms with Gasteiger partial charge in [-0.3, -0.25) is 10.1 Å². The lowest BCUT2D eigenvalue weighted by molar-refractivity contribution is -0.111. The highest BCUT2D eigenvalue weighted by molar-refractivity contribution is 9.10. The molecule has 0 fully saturated rings. The monoisotopic (exact) mass is 432 g/mol. The number of rotatable bonds is 4. The first-order valence-corrected chi connectivity index (χ1v) is 9.48. The third-order valence-electron chi connectivity index (χ3n) is 3.46. The fraction of sp³-hybridized carbons (Fsp3) is 0.0526. The summed E-state index contributed by atoms with van der Waals surface area (Å²) >= 11 is 11.0. The molecule has 0 aliphatic rings. The maximum absolute atomic E-state index is 12.1. The molecular formula is C19H14BrClN2OS. The van der Waals surface area contributed by atoms with Gasteiger partial charge in [0.1, 0.15) is 0 Å². The summed E-state index contributed by atoms with van der Waals surface area (Å²) in [7, 11) is 0. The van der Waals surface area contributed by atoms with Crippen molar-refractivity contribution in [2.45, 2.75) is 6.92 Å². The van der Waals surface area contributed by atoms with Crippen LogP contribution in [0.5, 0.6) is 0 Å². The maximum Gasteiger partial charge on any atom is 0.250 e. The van der Waals surface area contributed by atoms with Crippen molar-refractivity contribution in [2.24, 2.45) is 0 Å². The summed E-state index contributed by atoms with van der Waals surface area (Å²) < 4.78 is 1.02. The van der Waals surface area contributed by atoms with Gasteiger partial charge in [-0.1, -0.05) is 57.9 Å². The summed E-state index contributed by atoms with van der Waals surface area (Å²) in [5.41, 5.74) is 2.69. The van der Waals surface area contributed by atoms with E-state index in [0.717, 1.165) is 26.2 Å². The molecule has 1 N–H and O–H groups in total. The molecule has 3 nitrogen and oxygen atoms in total. The SMILES string of the molecule is Cc1sc(NC(=O)/C=C/c2ccccc2Cl)nc1-c1ccc(Br)cc1. The molecule has 2 aromatic carbocycles. The number of thiazole rings is 1. The van der Waals surface area contributed by atoms with Gasteiger partial charge in [0.25, 0.3) is 0 Å². The van der Waals surface area contributed by atoms with E-state index in [1.54, 1.807) is 12.1 Å². The number of hydrogen-bond donors (Lipinski definition) is 1. The number of carbonyl (C=O) groups is 1. The molecule has 0 saturated heterocycles. The van der Waals surface area contributed by atoms with E-state index < -0.39 is 0 Å². The van der Waals surface area contributed by atoms with Gasteiger partial charge in [0.15, 0.2) is 5.13 Å². The molecule has 3 aromatic rings. The van der Waals surface area contributed by atoms with Crippen LogP contribution in [-0.2, 0) is 4.79 Å². The standard InChI is InChI=1S/C19H14BrClN2OS/c1-12-18(14-6-9-15(20)10-7-14)23-19(25-12)22-17(24)11-8-13-4-2-3-5-16(13)21/h2-11H,1H3,(H,22,23,24)/b11-8+. The first kappa shape index (κ1) is 17.9. The molecule has 0 radical (unpaired) electrons. The van der Waals surface area contributed by atoms with E-state index >= 15 is 0 Å². The van der Waals surface area contributed by atoms with Gasteiger partial charge in [-0.05, 0) is 36.8 Å². The summed E-state index contributed by atoms with van der Waals surface area (Å²) in [6.07, 6.45) is 3.14. The number of nitrogens with one attached hydrogen (secondary N) is 1. The summed E-state index contributed by atoms with van der Waals surface area (Å²) in [4.78, 5) is 17.7. The van der Waals surface area contributed by atoms with Crippen molar-refractivity contribution in [3.63, 3.8) is 0 Å². The van der Waals surface area contributed by atoms with Gasteiger partial charge in [-0.2, -0.15) is 0 Å². The lowest BCUT2D eigenvalue weighted by Gasteiger charge is -1.99. The minimum atomic E-state index is -0.240. The molecule has 0 bridgehead atoms. The molecule has 0 spiro atoms. The van der Waals surface area contributed by atoms with Crippen LogP contribution in [0.25, 0.3) is 17.3 Å². The third-order valence-corrected chi connectivity index (χ3v) is 5.22. The molecule has 0 saturated carbocycles. The van der Waals surface area contributed by atoms with Gasteiger partial charge < -0.3 is 0 Å². The summed E-state index contributed by atoms with van der Waals surface area (Å²) in [6, 6.07) is 15.3. The van der Waals surface area contributed by atoms with Crippen molar-refractivity contribution in [1.82, 2.24) is 4.98 Å². The van der Waals surface area contributed by atoms with Crippen molar-refractivity contribution in [2.75, 3.05) is 5.32 Å². The molecule has 0 unspecified atom stereocenters. The van der Waals surface area contributed by atoms with Crippen LogP contribution in [0.1, 0.15) is 10.4 Å². The lowest BCUT2D eigenvalue weighted by atomic mass is 10.1. The first-order chi connectivity index (χ1) is 12.0. The summed E-state index contributed by atoms with van der Waals surface area (Å²) in [5, 5.41) is 3.98. The number of nitrogens with zero attached hydrogens (tertiary/aromatic N) is 1. The average Bonchev–Trinajstić information content (AvgIpc) is 2.95. The highest BCUT2D eigenvalue weighted by Gasteiger charge is 2.11. The Balaban J connectivity index is 1.73. The van der Waals surface area contributed by atoms with Gasteiger partial charge in [-0.25, -0.2) is 4.98 Å². The molecule has 6 heteroatoms. The predicted octanol–water partition coefficient (Wildman–Crippen LogP) is 6.19. The minimum Gasteiger partial charge on any atom is -0.298 e. The molecule has 126 valence electrons. The highest BCUT2D eigenvalue weighted by atomic mass is 79.9. The van der Waals surface area contributed by atoms with Crippen molar-refractivity contribution < 1.29 is 4.79 Å². The molecular weight excluding hydrogens is 420 g/mol. The number of hydrogen-bond acceptors (Lipinski definition) is 3. The number of halogens is 2. The van der Waals surface area contributed by atoms with Crippen LogP contribution in [0.15, 0.2) is 59.1 Å². The van der Waals surface area contributed by atoms with E-state index in [-0.39, 0.29) is 5.91 Å². The predicted molar refractivity (Wildman–Crippen MR) is 109 cm³/mol. The van der Waals surface area contributed by atoms with Crippen LogP contribution < -0.4 is 5.32 Å². The van der Waals surface area contributed by atoms with Crippen LogP contribution in [-0.4, -0.2) is 10.9 Å². The van der Waals surface area contributed by atoms with Crippen molar-refractivity contribution in [3.05, 3.63) is 74.5 Å². The van der Waals surface area contributed by atoms with Gasteiger partial charge in [-0.15, -0.1) is 11.3 Å². The summed E-state index contributed by atoms with van der Waals surface area (Å²) in [6.45, 7) is 1.99. The number of anilines is 1. The number of carbonyl (C=O) groups excluding carboxylic acids is 1. The number of aryl methyl sites for hydroxylation is 1. The van der Waals surface area contributed by atoms with Crippen LogP contribution in [0.2, 0.25) is 5.02 Å². The van der Waals surface area contributed by atoms with Crippen molar-refractivity contribution >= 4 is 56.0 Å². The fourth-order valence-electron chi connectivity index (χ4n) is 2.25. The van der Waals surface area contributed by atoms with Gasteiger partial charge in [0.2, 0.25) is 5.91 Å². The normalized spacial score (nSPS) is 11.0. The molecule has 25 heavy (non-hydrogen) atoms. The quantitative estimate of drug-likeness (QED) is 0.499. The third kappa shape index (κ3) is 4.57. The Morgan fingerprint density at radius 3 is 2.64 bits per heavy atom. The van der Waals surface area contributed by atoms with E-state index in [4.69, 9.17) is 11.6 Å². The molecule has 1 heterocycles. The van der Waals surface area contributed by atoms with E-state index in [9.17, 15) is 4.79 Å². The Morgan fingerprint density at radius 2 is 1.92 bits per heavy atom. The largest absolute Gasteiger partial charge is 0.298 e. The van der Waals surface area contributed by atoms with Crippen LogP contribution in [0, 0.1) is 6.92 Å². The van der Waals surface area contributed by atoms with Crippen molar-refractivity contribution in [3.8, 4) is 11.3 Å². The van der Waals surface area contributed by atoms with E-state index in [2.05, 4.69) is 26.2 Å². The Kier molecular flexibility index (Phi) is 5.68. The van der Waals surface area contributed by atoms with Crippen LogP contribution in [0.4, 0.5) is 5.13 Å². The second-order valence-electron chi connectivity index (χ2n) is 5.27. The lowest BCUT2D eigenvalue weighted by Crippen LogP contribution is -2.07. The molecule has 1 amide bonds. The second kappa shape index (κ2) is 7.95. The molecule has 0 atom stereocenters. The molecule has 0 aliphatic heterocycles. The zero-order chi connectivity index (χ0) is 17.8. The smallest absolute Gasteiger partial charge is 0.250 e. The first-order valence-electron chi connectivity index (χ1n) is 7.50. The van der Waals surface area contributed by atoms with Gasteiger partial charge >= 0.3 is 0 Å². The number of benzene rings is 2. The second-order valence-corrected chi connectivity index (χ2v) is 7.80. The van der Waals surface area contributed by atoms with Gasteiger partial charge in [0.05, 0.1) is 5.69 Å². The highest BCUT2D eigenvalue weighted by Crippen LogP contribution is 2.31. The fourth-order valence-corrected chi connectivity index (χ4v) is 3.55. The summed E-state index contributed by atoms with van der Waals surface area (Å²) in [5.74, 6) is -0.240. The number of aromatic nitrogens is 1. The Labute approximate surface area is 163 Å². The molecule has 1 aromatic heterocycles. The maximum atomic E-state index is 12.1. The number of amides is 1. The molecule has 3 rings (SSSR count). The Hall–Kier alpha value is -1.95. The minimum absolute atomic E-state index is 0.240. The van der Waals surface area contributed by atoms with Gasteiger partial charge in [0, 0.05) is 26.0 Å². The van der Waals surface area contributed by atoms with E-state index in [1.165, 1.54) is 17.4 Å². The van der Waals surface area contributed by atoms with Crippen molar-refractivity contribution in [1.29, 1.82) is 0 Å². The average molecular weight is 434 g/mol. The molecule has 0 aliphatic carbocycles. The van der Waals surface area contributed by atoms with Crippen LogP contribution in [0.3, 0.4) is 0 Å².